The predicted octanol–water partition coefficient (Wildman–Crippen LogP) is 3.10. The number of fused-ring (bicyclic) bond motifs is 1. The molecule has 0 bridgehead atoms. The lowest BCUT2D eigenvalue weighted by molar-refractivity contribution is 0.585. The maximum atomic E-state index is 11.6. The Hall–Kier alpha value is -1.61. The van der Waals surface area contributed by atoms with Crippen LogP contribution >= 0.6 is 23.4 Å². The normalized spacial score (nSPS) is 15.6. The molecule has 2 aromatic heterocycles. The van der Waals surface area contributed by atoms with Gasteiger partial charge in [-0.15, -0.1) is 0 Å². The third kappa shape index (κ3) is 3.73. The van der Waals surface area contributed by atoms with E-state index < -0.39 is 11.2 Å². The summed E-state index contributed by atoms with van der Waals surface area (Å²) in [6.07, 6.45) is 1.53. The van der Waals surface area contributed by atoms with Gasteiger partial charge in [0.05, 0.1) is 13.1 Å². The largest absolute Gasteiger partial charge is 0.616 e. The second-order valence-electron chi connectivity index (χ2n) is 5.94. The summed E-state index contributed by atoms with van der Waals surface area (Å²) in [6.45, 7) is 3.39. The first-order valence-corrected chi connectivity index (χ1v) is 10.8. The van der Waals surface area contributed by atoms with Crippen molar-refractivity contribution < 1.29 is 4.55 Å². The zero-order valence-electron chi connectivity index (χ0n) is 14.1. The van der Waals surface area contributed by atoms with E-state index in [0.29, 0.717) is 41.4 Å². The molecule has 1 aliphatic rings. The smallest absolute Gasteiger partial charge is 0.225 e. The first-order chi connectivity index (χ1) is 12.6. The molecule has 4 rings (SSSR count). The fourth-order valence-electron chi connectivity index (χ4n) is 2.75. The Labute approximate surface area is 163 Å². The SMILES string of the molecule is Cc1ccc(Sc2ncnc3c(N4CC[S+]([O-])CC4)nc(Cl)nc23)cc1. The highest BCUT2D eigenvalue weighted by atomic mass is 35.5. The molecule has 0 saturated carbocycles. The molecule has 0 radical (unpaired) electrons. The number of hydrogen-bond acceptors (Lipinski definition) is 7. The molecule has 6 nitrogen and oxygen atoms in total. The minimum absolute atomic E-state index is 0.166. The highest BCUT2D eigenvalue weighted by Crippen LogP contribution is 2.33. The molecule has 1 aliphatic heterocycles. The molecule has 0 amide bonds. The quantitative estimate of drug-likeness (QED) is 0.376. The van der Waals surface area contributed by atoms with E-state index in [0.717, 1.165) is 9.92 Å². The number of nitrogens with zero attached hydrogens (tertiary/aromatic N) is 5. The van der Waals surface area contributed by atoms with Crippen LogP contribution in [0.25, 0.3) is 11.0 Å². The third-order valence-corrected chi connectivity index (χ3v) is 6.56. The lowest BCUT2D eigenvalue weighted by atomic mass is 10.2. The number of benzene rings is 1. The van der Waals surface area contributed by atoms with Crippen LogP contribution < -0.4 is 4.90 Å². The van der Waals surface area contributed by atoms with E-state index in [1.54, 1.807) is 0 Å². The van der Waals surface area contributed by atoms with Crippen molar-refractivity contribution in [2.24, 2.45) is 0 Å². The number of halogens is 1. The zero-order valence-corrected chi connectivity index (χ0v) is 16.4. The molecule has 0 spiro atoms. The molecule has 9 heteroatoms. The summed E-state index contributed by atoms with van der Waals surface area (Å²) < 4.78 is 11.6. The average Bonchev–Trinajstić information content (AvgIpc) is 2.64. The Morgan fingerprint density at radius 1 is 1.08 bits per heavy atom. The molecule has 1 aromatic carbocycles. The average molecular weight is 406 g/mol. The minimum Gasteiger partial charge on any atom is -0.616 e. The van der Waals surface area contributed by atoms with Crippen LogP contribution in [0.15, 0.2) is 40.5 Å². The summed E-state index contributed by atoms with van der Waals surface area (Å²) in [5.41, 5.74) is 2.52. The first-order valence-electron chi connectivity index (χ1n) is 8.13. The van der Waals surface area contributed by atoms with E-state index in [2.05, 4.69) is 56.0 Å². The molecule has 1 saturated heterocycles. The topological polar surface area (TPSA) is 77.9 Å². The van der Waals surface area contributed by atoms with Gasteiger partial charge in [-0.25, -0.2) is 15.0 Å². The lowest BCUT2D eigenvalue weighted by Crippen LogP contribution is -2.41. The van der Waals surface area contributed by atoms with E-state index in [4.69, 9.17) is 11.6 Å². The summed E-state index contributed by atoms with van der Waals surface area (Å²) in [4.78, 5) is 20.7. The predicted molar refractivity (Wildman–Crippen MR) is 106 cm³/mol. The molecular weight excluding hydrogens is 390 g/mol. The number of rotatable bonds is 3. The monoisotopic (exact) mass is 405 g/mol. The Morgan fingerprint density at radius 2 is 1.81 bits per heavy atom. The van der Waals surface area contributed by atoms with Crippen molar-refractivity contribution in [3.8, 4) is 0 Å². The van der Waals surface area contributed by atoms with Crippen LogP contribution in [0.1, 0.15) is 5.56 Å². The van der Waals surface area contributed by atoms with Crippen LogP contribution in [-0.2, 0) is 11.2 Å². The number of hydrogen-bond donors (Lipinski definition) is 0. The van der Waals surface area contributed by atoms with E-state index >= 15 is 0 Å². The van der Waals surface area contributed by atoms with Crippen molar-refractivity contribution in [1.29, 1.82) is 0 Å². The van der Waals surface area contributed by atoms with Crippen LogP contribution in [0.5, 0.6) is 0 Å². The molecular formula is C17H16ClN5OS2. The van der Waals surface area contributed by atoms with Gasteiger partial charge in [0, 0.05) is 4.90 Å². The molecule has 134 valence electrons. The van der Waals surface area contributed by atoms with E-state index in [-0.39, 0.29) is 5.28 Å². The molecule has 1 fully saturated rings. The van der Waals surface area contributed by atoms with Gasteiger partial charge in [0.2, 0.25) is 5.28 Å². The van der Waals surface area contributed by atoms with Gasteiger partial charge in [0.15, 0.2) is 5.82 Å². The van der Waals surface area contributed by atoms with Crippen molar-refractivity contribution in [2.75, 3.05) is 29.5 Å². The van der Waals surface area contributed by atoms with Gasteiger partial charge < -0.3 is 9.45 Å². The van der Waals surface area contributed by atoms with Crippen LogP contribution in [0.4, 0.5) is 5.82 Å². The van der Waals surface area contributed by atoms with Crippen molar-refractivity contribution in [3.05, 3.63) is 41.4 Å². The van der Waals surface area contributed by atoms with Crippen molar-refractivity contribution >= 4 is 51.4 Å². The summed E-state index contributed by atoms with van der Waals surface area (Å²) in [7, 11) is 0. The van der Waals surface area contributed by atoms with Crippen LogP contribution in [0.3, 0.4) is 0 Å². The van der Waals surface area contributed by atoms with Gasteiger partial charge in [0.1, 0.15) is 33.9 Å². The Bertz CT molecular complexity index is 932. The molecule has 0 atom stereocenters. The molecule has 3 aromatic rings. The second kappa shape index (κ2) is 7.56. The van der Waals surface area contributed by atoms with Crippen LogP contribution in [0.2, 0.25) is 5.28 Å². The van der Waals surface area contributed by atoms with E-state index in [1.807, 2.05) is 0 Å². The van der Waals surface area contributed by atoms with Crippen molar-refractivity contribution in [1.82, 2.24) is 19.9 Å². The van der Waals surface area contributed by atoms with Crippen LogP contribution in [-0.4, -0.2) is 49.1 Å². The maximum absolute atomic E-state index is 11.6. The summed E-state index contributed by atoms with van der Waals surface area (Å²) in [5.74, 6) is 1.93. The molecule has 0 N–H and O–H groups in total. The van der Waals surface area contributed by atoms with Gasteiger partial charge in [0.25, 0.3) is 0 Å². The van der Waals surface area contributed by atoms with Gasteiger partial charge >= 0.3 is 0 Å². The number of aromatic nitrogens is 4. The number of aryl methyl sites for hydroxylation is 1. The van der Waals surface area contributed by atoms with E-state index in [1.165, 1.54) is 23.7 Å². The third-order valence-electron chi connectivity index (χ3n) is 4.12. The highest BCUT2D eigenvalue weighted by molar-refractivity contribution is 7.99. The summed E-state index contributed by atoms with van der Waals surface area (Å²) in [5, 5.41) is 0.907. The molecule has 26 heavy (non-hydrogen) atoms. The van der Waals surface area contributed by atoms with Gasteiger partial charge in [-0.2, -0.15) is 4.98 Å². The number of anilines is 1. The molecule has 0 aliphatic carbocycles. The fraction of sp³-hybridized carbons (Fsp3) is 0.294. The maximum Gasteiger partial charge on any atom is 0.225 e. The van der Waals surface area contributed by atoms with Crippen LogP contribution in [0, 0.1) is 6.92 Å². The van der Waals surface area contributed by atoms with Gasteiger partial charge in [-0.3, -0.25) is 0 Å². The molecule has 0 unspecified atom stereocenters. The Morgan fingerprint density at radius 3 is 2.54 bits per heavy atom. The standard InChI is InChI=1S/C17H16ClN5OS2/c1-11-2-4-12(5-3-11)25-16-14-13(19-10-20-16)15(22-17(18)21-14)23-6-8-26(24)9-7-23/h2-5,10H,6-9H2,1H3. The van der Waals surface area contributed by atoms with Gasteiger partial charge in [-0.1, -0.05) is 40.6 Å². The minimum atomic E-state index is -0.762. The first kappa shape index (κ1) is 17.8. The van der Waals surface area contributed by atoms with Crippen molar-refractivity contribution in [2.45, 2.75) is 16.8 Å². The zero-order chi connectivity index (χ0) is 18.1. The Balaban J connectivity index is 1.75. The second-order valence-corrected chi connectivity index (χ2v) is 9.04. The highest BCUT2D eigenvalue weighted by Gasteiger charge is 2.24. The summed E-state index contributed by atoms with van der Waals surface area (Å²) in [6, 6.07) is 8.23. The van der Waals surface area contributed by atoms with Gasteiger partial charge in [-0.05, 0) is 30.7 Å². The van der Waals surface area contributed by atoms with Crippen molar-refractivity contribution in [3.63, 3.8) is 0 Å². The lowest BCUT2D eigenvalue weighted by Gasteiger charge is -2.29. The fourth-order valence-corrected chi connectivity index (χ4v) is 4.80. The Kier molecular flexibility index (Phi) is 5.17. The summed E-state index contributed by atoms with van der Waals surface area (Å²) >= 11 is 6.96. The molecule has 3 heterocycles. The van der Waals surface area contributed by atoms with E-state index in [9.17, 15) is 4.55 Å².